The van der Waals surface area contributed by atoms with E-state index < -0.39 is 0 Å². The molecule has 2 fully saturated rings. The standard InChI is InChI=1S/C18H22N2OS2/c1-11-20-16(10-22-11)17-5-4-14(23-17)6-7-19-18(21)15-9-12-2-3-13(15)8-12/h4-5,10,12-13,15H,2-3,6-9H2,1H3,(H,19,21). The van der Waals surface area contributed by atoms with Crippen LogP contribution in [0.3, 0.4) is 0 Å². The minimum absolute atomic E-state index is 0.295. The summed E-state index contributed by atoms with van der Waals surface area (Å²) in [5, 5.41) is 6.38. The van der Waals surface area contributed by atoms with Gasteiger partial charge in [-0.1, -0.05) is 6.42 Å². The molecule has 0 radical (unpaired) electrons. The number of carbonyl (C=O) groups is 1. The maximum Gasteiger partial charge on any atom is 0.223 e. The van der Waals surface area contributed by atoms with E-state index in [4.69, 9.17) is 0 Å². The molecule has 2 aliphatic carbocycles. The Morgan fingerprint density at radius 2 is 2.26 bits per heavy atom. The van der Waals surface area contributed by atoms with Crippen LogP contribution >= 0.6 is 22.7 Å². The van der Waals surface area contributed by atoms with Gasteiger partial charge in [-0.15, -0.1) is 22.7 Å². The third-order valence-electron chi connectivity index (χ3n) is 5.28. The van der Waals surface area contributed by atoms with Crippen LogP contribution in [0, 0.1) is 24.7 Å². The molecule has 3 atom stereocenters. The Morgan fingerprint density at radius 3 is 2.96 bits per heavy atom. The Morgan fingerprint density at radius 1 is 1.35 bits per heavy atom. The van der Waals surface area contributed by atoms with Gasteiger partial charge in [0.1, 0.15) is 0 Å². The number of fused-ring (bicyclic) bond motifs is 2. The molecular weight excluding hydrogens is 324 g/mol. The van der Waals surface area contributed by atoms with Crippen LogP contribution in [-0.4, -0.2) is 17.4 Å². The van der Waals surface area contributed by atoms with Crippen LogP contribution < -0.4 is 5.32 Å². The average Bonchev–Trinajstić information content (AvgIpc) is 3.30. The number of carbonyl (C=O) groups excluding carboxylic acids is 1. The van der Waals surface area contributed by atoms with Gasteiger partial charge in [-0.25, -0.2) is 4.98 Å². The molecule has 4 rings (SSSR count). The lowest BCUT2D eigenvalue weighted by Crippen LogP contribution is -2.34. The molecule has 0 aliphatic heterocycles. The summed E-state index contributed by atoms with van der Waals surface area (Å²) in [6.45, 7) is 2.79. The number of hydrogen-bond donors (Lipinski definition) is 1. The number of hydrogen-bond acceptors (Lipinski definition) is 4. The van der Waals surface area contributed by atoms with Crippen molar-refractivity contribution in [3.63, 3.8) is 0 Å². The maximum absolute atomic E-state index is 12.3. The number of thiazole rings is 1. The van der Waals surface area contributed by atoms with Crippen molar-refractivity contribution in [2.45, 2.75) is 39.0 Å². The highest BCUT2D eigenvalue weighted by Crippen LogP contribution is 2.48. The number of aryl methyl sites for hydroxylation is 1. The van der Waals surface area contributed by atoms with Gasteiger partial charge in [0.05, 0.1) is 15.6 Å². The smallest absolute Gasteiger partial charge is 0.223 e. The summed E-state index contributed by atoms with van der Waals surface area (Å²) in [4.78, 5) is 19.4. The summed E-state index contributed by atoms with van der Waals surface area (Å²) in [5.74, 6) is 2.09. The zero-order valence-corrected chi connectivity index (χ0v) is 15.0. The summed E-state index contributed by atoms with van der Waals surface area (Å²) < 4.78 is 0. The summed E-state index contributed by atoms with van der Waals surface area (Å²) in [6.07, 6.45) is 5.95. The van der Waals surface area contributed by atoms with Gasteiger partial charge in [-0.05, 0) is 56.6 Å². The van der Waals surface area contributed by atoms with Crippen LogP contribution in [0.15, 0.2) is 17.5 Å². The first-order valence-corrected chi connectivity index (χ1v) is 10.2. The van der Waals surface area contributed by atoms with Crippen LogP contribution in [0.1, 0.15) is 35.6 Å². The molecule has 0 aromatic carbocycles. The molecule has 0 saturated heterocycles. The second-order valence-corrected chi connectivity index (χ2v) is 9.07. The first-order chi connectivity index (χ1) is 11.2. The van der Waals surface area contributed by atoms with E-state index in [2.05, 4.69) is 27.8 Å². The van der Waals surface area contributed by atoms with Gasteiger partial charge in [0, 0.05) is 22.7 Å². The van der Waals surface area contributed by atoms with E-state index in [1.165, 1.54) is 29.0 Å². The average molecular weight is 347 g/mol. The lowest BCUT2D eigenvalue weighted by Gasteiger charge is -2.20. The molecule has 1 N–H and O–H groups in total. The summed E-state index contributed by atoms with van der Waals surface area (Å²) >= 11 is 3.48. The fraction of sp³-hybridized carbons (Fsp3) is 0.556. The molecule has 0 spiro atoms. The van der Waals surface area contributed by atoms with E-state index in [0.717, 1.165) is 36.0 Å². The lowest BCUT2D eigenvalue weighted by molar-refractivity contribution is -0.126. The van der Waals surface area contributed by atoms with Crippen LogP contribution in [-0.2, 0) is 11.2 Å². The monoisotopic (exact) mass is 346 g/mol. The van der Waals surface area contributed by atoms with Crippen LogP contribution in [0.4, 0.5) is 0 Å². The highest BCUT2D eigenvalue weighted by Gasteiger charge is 2.42. The van der Waals surface area contributed by atoms with Gasteiger partial charge in [0.2, 0.25) is 5.91 Å². The van der Waals surface area contributed by atoms with Crippen LogP contribution in [0.5, 0.6) is 0 Å². The minimum Gasteiger partial charge on any atom is -0.355 e. The topological polar surface area (TPSA) is 42.0 Å². The molecule has 1 amide bonds. The van der Waals surface area contributed by atoms with E-state index in [0.29, 0.717) is 17.7 Å². The van der Waals surface area contributed by atoms with Crippen molar-refractivity contribution in [3.05, 3.63) is 27.4 Å². The molecule has 122 valence electrons. The number of nitrogens with one attached hydrogen (secondary N) is 1. The van der Waals surface area contributed by atoms with Gasteiger partial charge in [-0.2, -0.15) is 0 Å². The van der Waals surface area contributed by atoms with Gasteiger partial charge < -0.3 is 5.32 Å². The van der Waals surface area contributed by atoms with E-state index in [9.17, 15) is 4.79 Å². The van der Waals surface area contributed by atoms with Crippen molar-refractivity contribution in [2.75, 3.05) is 6.54 Å². The van der Waals surface area contributed by atoms with E-state index >= 15 is 0 Å². The first-order valence-electron chi connectivity index (χ1n) is 8.48. The van der Waals surface area contributed by atoms with E-state index in [-0.39, 0.29) is 0 Å². The van der Waals surface area contributed by atoms with Gasteiger partial charge in [0.25, 0.3) is 0 Å². The third kappa shape index (κ3) is 3.22. The molecule has 5 heteroatoms. The summed E-state index contributed by atoms with van der Waals surface area (Å²) in [5.41, 5.74) is 1.08. The molecule has 3 unspecified atom stereocenters. The predicted molar refractivity (Wildman–Crippen MR) is 95.8 cm³/mol. The number of amides is 1. The SMILES string of the molecule is Cc1nc(-c2ccc(CCNC(=O)C3CC4CCC3C4)s2)cs1. The van der Waals surface area contributed by atoms with Crippen molar-refractivity contribution in [1.82, 2.24) is 10.3 Å². The largest absolute Gasteiger partial charge is 0.355 e. The second kappa shape index (κ2) is 6.36. The van der Waals surface area contributed by atoms with Crippen LogP contribution in [0.2, 0.25) is 0 Å². The zero-order valence-electron chi connectivity index (χ0n) is 13.4. The molecule has 2 bridgehead atoms. The maximum atomic E-state index is 12.3. The fourth-order valence-electron chi connectivity index (χ4n) is 4.13. The predicted octanol–water partition coefficient (Wildman–Crippen LogP) is 4.27. The first kappa shape index (κ1) is 15.3. The van der Waals surface area contributed by atoms with E-state index in [1.54, 1.807) is 22.7 Å². The summed E-state index contributed by atoms with van der Waals surface area (Å²) in [6, 6.07) is 4.31. The highest BCUT2D eigenvalue weighted by molar-refractivity contribution is 7.16. The molecule has 3 nitrogen and oxygen atoms in total. The number of aromatic nitrogens is 1. The number of thiophene rings is 1. The summed E-state index contributed by atoms with van der Waals surface area (Å²) in [7, 11) is 0. The highest BCUT2D eigenvalue weighted by atomic mass is 32.1. The lowest BCUT2D eigenvalue weighted by atomic mass is 9.88. The third-order valence-corrected chi connectivity index (χ3v) is 7.22. The minimum atomic E-state index is 0.295. The second-order valence-electron chi connectivity index (χ2n) is 6.84. The molecule has 2 aromatic heterocycles. The Labute approximate surface area is 145 Å². The molecule has 2 saturated carbocycles. The van der Waals surface area contributed by atoms with E-state index in [1.807, 2.05) is 6.92 Å². The Bertz CT molecular complexity index is 705. The number of nitrogens with zero attached hydrogens (tertiary/aromatic N) is 1. The van der Waals surface area contributed by atoms with Crippen LogP contribution in [0.25, 0.3) is 10.6 Å². The van der Waals surface area contributed by atoms with Crippen molar-refractivity contribution in [3.8, 4) is 10.6 Å². The van der Waals surface area contributed by atoms with Crippen molar-refractivity contribution < 1.29 is 4.79 Å². The molecule has 2 heterocycles. The molecule has 23 heavy (non-hydrogen) atoms. The molecule has 2 aliphatic rings. The number of rotatable bonds is 5. The Kier molecular flexibility index (Phi) is 4.24. The zero-order chi connectivity index (χ0) is 15.8. The van der Waals surface area contributed by atoms with Gasteiger partial charge >= 0.3 is 0 Å². The fourth-order valence-corrected chi connectivity index (χ4v) is 5.79. The Balaban J connectivity index is 1.28. The van der Waals surface area contributed by atoms with Gasteiger partial charge in [-0.3, -0.25) is 4.79 Å². The molecular formula is C18H22N2OS2. The van der Waals surface area contributed by atoms with Gasteiger partial charge in [0.15, 0.2) is 0 Å². The quantitative estimate of drug-likeness (QED) is 0.878. The normalized spacial score (nSPS) is 25.9. The van der Waals surface area contributed by atoms with Crippen molar-refractivity contribution in [2.24, 2.45) is 17.8 Å². The van der Waals surface area contributed by atoms with Crippen molar-refractivity contribution in [1.29, 1.82) is 0 Å². The van der Waals surface area contributed by atoms with Crippen molar-refractivity contribution >= 4 is 28.6 Å². The molecule has 2 aromatic rings. The Hall–Kier alpha value is -1.20.